The number of piperazine rings is 1. The molecule has 1 aromatic heterocycles. The van der Waals surface area contributed by atoms with Gasteiger partial charge in [0, 0.05) is 37.4 Å². The molecule has 2 aromatic carbocycles. The van der Waals surface area contributed by atoms with Crippen LogP contribution in [-0.4, -0.2) is 57.4 Å². The number of nitrogens with zero attached hydrogens (tertiary/aromatic N) is 4. The number of nitrogens with one attached hydrogen (secondary N) is 1. The number of hydrogen-bond acceptors (Lipinski definition) is 5. The number of thioether (sulfide) groups is 1. The van der Waals surface area contributed by atoms with E-state index in [-0.39, 0.29) is 11.2 Å². The molecule has 6 nitrogen and oxygen atoms in total. The van der Waals surface area contributed by atoms with Gasteiger partial charge >= 0.3 is 0 Å². The summed E-state index contributed by atoms with van der Waals surface area (Å²) in [6.45, 7) is 5.11. The molecule has 0 saturated carbocycles. The molecule has 4 rings (SSSR count). The van der Waals surface area contributed by atoms with Gasteiger partial charge in [0.05, 0.1) is 5.25 Å². The zero-order chi connectivity index (χ0) is 19.3. The molecule has 1 N–H and O–H groups in total. The number of para-hydroxylation sites is 1. The third-order valence-corrected chi connectivity index (χ3v) is 5.80. The minimum absolute atomic E-state index is 0.142. The maximum Gasteiger partial charge on any atom is 0.236 e. The van der Waals surface area contributed by atoms with Gasteiger partial charge in [0.1, 0.15) is 0 Å². The standard InChI is InChI=1S/C21H23N5OS/c1-16(28-21-22-19(23-24-21)17-8-4-2-5-9-17)20(27)26-14-12-25(13-15-26)18-10-6-3-7-11-18/h2-11,16H,12-15H2,1H3,(H,22,23,24)/t16-/m0/s1. The summed E-state index contributed by atoms with van der Waals surface area (Å²) in [5, 5.41) is 7.60. The van der Waals surface area contributed by atoms with Gasteiger partial charge in [0.2, 0.25) is 11.1 Å². The number of benzene rings is 2. The van der Waals surface area contributed by atoms with E-state index in [2.05, 4.69) is 32.2 Å². The molecule has 144 valence electrons. The highest BCUT2D eigenvalue weighted by Crippen LogP contribution is 2.24. The van der Waals surface area contributed by atoms with Crippen LogP contribution in [-0.2, 0) is 4.79 Å². The first-order valence-corrected chi connectivity index (χ1v) is 10.3. The molecule has 3 aromatic rings. The largest absolute Gasteiger partial charge is 0.368 e. The van der Waals surface area contributed by atoms with Gasteiger partial charge in [-0.25, -0.2) is 4.98 Å². The van der Waals surface area contributed by atoms with E-state index in [9.17, 15) is 4.79 Å². The molecular formula is C21H23N5OS. The first-order chi connectivity index (χ1) is 13.7. The van der Waals surface area contributed by atoms with Crippen LogP contribution >= 0.6 is 11.8 Å². The third kappa shape index (κ3) is 4.20. The van der Waals surface area contributed by atoms with Crippen LogP contribution in [0.5, 0.6) is 0 Å². The van der Waals surface area contributed by atoms with Crippen LogP contribution in [0, 0.1) is 0 Å². The van der Waals surface area contributed by atoms with E-state index in [1.165, 1.54) is 17.4 Å². The fourth-order valence-corrected chi connectivity index (χ4v) is 4.12. The predicted molar refractivity (Wildman–Crippen MR) is 112 cm³/mol. The van der Waals surface area contributed by atoms with Gasteiger partial charge in [-0.3, -0.25) is 9.89 Å². The lowest BCUT2D eigenvalue weighted by molar-refractivity contribution is -0.130. The zero-order valence-electron chi connectivity index (χ0n) is 15.8. The number of aromatic amines is 1. The Labute approximate surface area is 169 Å². The number of aromatic nitrogens is 3. The van der Waals surface area contributed by atoms with Gasteiger partial charge < -0.3 is 9.80 Å². The average molecular weight is 394 g/mol. The van der Waals surface area contributed by atoms with Crippen molar-refractivity contribution in [2.45, 2.75) is 17.3 Å². The van der Waals surface area contributed by atoms with Crippen LogP contribution in [0.15, 0.2) is 65.8 Å². The molecule has 1 amide bonds. The summed E-state index contributed by atoms with van der Waals surface area (Å²) in [5.41, 5.74) is 2.20. The highest BCUT2D eigenvalue weighted by Gasteiger charge is 2.26. The van der Waals surface area contributed by atoms with Crippen molar-refractivity contribution in [2.75, 3.05) is 31.1 Å². The van der Waals surface area contributed by atoms with Gasteiger partial charge in [-0.1, -0.05) is 60.3 Å². The van der Waals surface area contributed by atoms with E-state index in [0.717, 1.165) is 37.6 Å². The van der Waals surface area contributed by atoms with Gasteiger partial charge in [-0.2, -0.15) is 0 Å². The lowest BCUT2D eigenvalue weighted by Crippen LogP contribution is -2.50. The van der Waals surface area contributed by atoms with E-state index in [1.54, 1.807) is 0 Å². The van der Waals surface area contributed by atoms with Crippen LogP contribution in [0.4, 0.5) is 5.69 Å². The van der Waals surface area contributed by atoms with Crippen LogP contribution in [0.1, 0.15) is 6.92 Å². The van der Waals surface area contributed by atoms with Crippen molar-refractivity contribution in [1.82, 2.24) is 20.1 Å². The first-order valence-electron chi connectivity index (χ1n) is 9.44. The van der Waals surface area contributed by atoms with Crippen molar-refractivity contribution in [1.29, 1.82) is 0 Å². The molecule has 0 bridgehead atoms. The van der Waals surface area contributed by atoms with Crippen LogP contribution in [0.25, 0.3) is 11.4 Å². The van der Waals surface area contributed by atoms with Gasteiger partial charge in [-0.05, 0) is 19.1 Å². The van der Waals surface area contributed by atoms with Crippen molar-refractivity contribution in [3.05, 3.63) is 60.7 Å². The Hall–Kier alpha value is -2.80. The highest BCUT2D eigenvalue weighted by molar-refractivity contribution is 8.00. The van der Waals surface area contributed by atoms with E-state index in [1.807, 2.05) is 60.4 Å². The quantitative estimate of drug-likeness (QED) is 0.674. The van der Waals surface area contributed by atoms with E-state index in [0.29, 0.717) is 5.16 Å². The summed E-state index contributed by atoms with van der Waals surface area (Å²) < 4.78 is 0. The molecule has 1 atom stereocenters. The molecule has 28 heavy (non-hydrogen) atoms. The summed E-state index contributed by atoms with van der Waals surface area (Å²) >= 11 is 1.40. The lowest BCUT2D eigenvalue weighted by atomic mass is 10.2. The Kier molecular flexibility index (Phi) is 5.62. The fraction of sp³-hybridized carbons (Fsp3) is 0.286. The SMILES string of the molecule is C[C@H](Sc1n[nH]c(-c2ccccc2)n1)C(=O)N1CCN(c2ccccc2)CC1. The van der Waals surface area contributed by atoms with Crippen molar-refractivity contribution >= 4 is 23.4 Å². The molecule has 1 fully saturated rings. The van der Waals surface area contributed by atoms with E-state index >= 15 is 0 Å². The number of rotatable bonds is 5. The minimum atomic E-state index is -0.220. The van der Waals surface area contributed by atoms with Crippen molar-refractivity contribution in [2.24, 2.45) is 0 Å². The Bertz CT molecular complexity index is 907. The number of carbonyl (C=O) groups is 1. The monoisotopic (exact) mass is 393 g/mol. The molecule has 0 aliphatic carbocycles. The minimum Gasteiger partial charge on any atom is -0.368 e. The van der Waals surface area contributed by atoms with Gasteiger partial charge in [0.25, 0.3) is 0 Å². The zero-order valence-corrected chi connectivity index (χ0v) is 16.6. The second-order valence-electron chi connectivity index (χ2n) is 6.74. The second kappa shape index (κ2) is 8.48. The average Bonchev–Trinajstić information content (AvgIpc) is 3.23. The number of H-pyrrole nitrogens is 1. The summed E-state index contributed by atoms with van der Waals surface area (Å²) in [4.78, 5) is 21.6. The maximum atomic E-state index is 12.8. The maximum absolute atomic E-state index is 12.8. The third-order valence-electron chi connectivity index (χ3n) is 4.85. The molecule has 0 radical (unpaired) electrons. The van der Waals surface area contributed by atoms with Crippen molar-refractivity contribution < 1.29 is 4.79 Å². The highest BCUT2D eigenvalue weighted by atomic mass is 32.2. The van der Waals surface area contributed by atoms with E-state index in [4.69, 9.17) is 0 Å². The number of hydrogen-bond donors (Lipinski definition) is 1. The summed E-state index contributed by atoms with van der Waals surface area (Å²) in [5.74, 6) is 0.864. The Morgan fingerprint density at radius 1 is 1.00 bits per heavy atom. The second-order valence-corrected chi connectivity index (χ2v) is 8.05. The molecule has 7 heteroatoms. The molecule has 1 saturated heterocycles. The normalized spacial score (nSPS) is 15.5. The molecule has 2 heterocycles. The van der Waals surface area contributed by atoms with Gasteiger partial charge in [0.15, 0.2) is 5.82 Å². The van der Waals surface area contributed by atoms with Crippen LogP contribution in [0.3, 0.4) is 0 Å². The molecular weight excluding hydrogens is 370 g/mol. The molecule has 1 aliphatic heterocycles. The van der Waals surface area contributed by atoms with E-state index < -0.39 is 0 Å². The predicted octanol–water partition coefficient (Wildman–Crippen LogP) is 3.30. The fourth-order valence-electron chi connectivity index (χ4n) is 3.31. The lowest BCUT2D eigenvalue weighted by Gasteiger charge is -2.37. The molecule has 0 unspecified atom stereocenters. The molecule has 1 aliphatic rings. The van der Waals surface area contributed by atoms with Crippen molar-refractivity contribution in [3.63, 3.8) is 0 Å². The number of amides is 1. The topological polar surface area (TPSA) is 65.1 Å². The smallest absolute Gasteiger partial charge is 0.236 e. The van der Waals surface area contributed by atoms with Crippen LogP contribution < -0.4 is 4.90 Å². The Balaban J connectivity index is 1.32. The number of carbonyl (C=O) groups excluding carboxylic acids is 1. The number of anilines is 1. The first kappa shape index (κ1) is 18.6. The summed E-state index contributed by atoms with van der Waals surface area (Å²) in [6.07, 6.45) is 0. The molecule has 0 spiro atoms. The Morgan fingerprint density at radius 3 is 2.32 bits per heavy atom. The Morgan fingerprint density at radius 2 is 1.64 bits per heavy atom. The summed E-state index contributed by atoms with van der Waals surface area (Å²) in [6, 6.07) is 20.2. The summed E-state index contributed by atoms with van der Waals surface area (Å²) in [7, 11) is 0. The van der Waals surface area contributed by atoms with Gasteiger partial charge in [-0.15, -0.1) is 5.10 Å². The van der Waals surface area contributed by atoms with Crippen LogP contribution in [0.2, 0.25) is 0 Å². The van der Waals surface area contributed by atoms with Crippen molar-refractivity contribution in [3.8, 4) is 11.4 Å².